The van der Waals surface area contributed by atoms with Crippen molar-refractivity contribution in [1.82, 2.24) is 9.55 Å². The van der Waals surface area contributed by atoms with Crippen LogP contribution in [-0.4, -0.2) is 27.2 Å². The Morgan fingerprint density at radius 3 is 2.78 bits per heavy atom. The first-order chi connectivity index (χ1) is 12.9. The summed E-state index contributed by atoms with van der Waals surface area (Å²) < 4.78 is 20.3. The van der Waals surface area contributed by atoms with Gasteiger partial charge in [-0.1, -0.05) is 23.7 Å². The smallest absolute Gasteiger partial charge is 0.341 e. The number of hydrogen-bond acceptors (Lipinski definition) is 5. The quantitative estimate of drug-likeness (QED) is 0.416. The second-order valence-corrected chi connectivity index (χ2v) is 6.05. The predicted octanol–water partition coefficient (Wildman–Crippen LogP) is 4.02. The molecule has 3 rings (SSSR count). The molecule has 0 spiro atoms. The van der Waals surface area contributed by atoms with E-state index in [1.165, 1.54) is 12.1 Å². The van der Waals surface area contributed by atoms with Gasteiger partial charge >= 0.3 is 5.97 Å². The van der Waals surface area contributed by atoms with Crippen molar-refractivity contribution in [1.29, 1.82) is 5.26 Å². The van der Waals surface area contributed by atoms with Crippen molar-refractivity contribution in [3.63, 3.8) is 0 Å². The lowest BCUT2D eigenvalue weighted by molar-refractivity contribution is 0.0497. The summed E-state index contributed by atoms with van der Waals surface area (Å²) in [7, 11) is 1.70. The van der Waals surface area contributed by atoms with Crippen molar-refractivity contribution in [3.05, 3.63) is 70.5 Å². The number of halogens is 2. The third-order valence-electron chi connectivity index (χ3n) is 3.90. The van der Waals surface area contributed by atoms with Crippen molar-refractivity contribution in [3.8, 4) is 6.07 Å². The number of aryl methyl sites for hydroxylation is 1. The number of ether oxygens (including phenoxy) is 1. The molecule has 1 aromatic heterocycles. The number of nitriles is 1. The number of aliphatic hydroxyl groups excluding tert-OH is 1. The standard InChI is InChI=1S/C19H13ClFN3O3/c1-24-16-5-3-2-4-15(16)23-18(24)13(9-22)17(25)10-27-19(26)12-7-6-11(20)8-14(12)21/h2-8,25H,10H2,1H3/b17-13-. The van der Waals surface area contributed by atoms with Crippen LogP contribution in [-0.2, 0) is 11.8 Å². The number of esters is 1. The summed E-state index contributed by atoms with van der Waals surface area (Å²) in [5, 5.41) is 19.8. The van der Waals surface area contributed by atoms with E-state index in [1.807, 2.05) is 18.2 Å². The minimum absolute atomic E-state index is 0.139. The molecule has 0 bridgehead atoms. The summed E-state index contributed by atoms with van der Waals surface area (Å²) in [6.45, 7) is -0.604. The number of para-hydroxylation sites is 2. The molecule has 6 nitrogen and oxygen atoms in total. The molecule has 0 fully saturated rings. The predicted molar refractivity (Wildman–Crippen MR) is 97.6 cm³/mol. The van der Waals surface area contributed by atoms with Crippen LogP contribution in [0, 0.1) is 17.1 Å². The van der Waals surface area contributed by atoms with E-state index in [9.17, 15) is 19.6 Å². The molecule has 0 atom stereocenters. The van der Waals surface area contributed by atoms with Crippen LogP contribution in [0.2, 0.25) is 5.02 Å². The number of carbonyl (C=O) groups is 1. The van der Waals surface area contributed by atoms with Gasteiger partial charge in [-0.05, 0) is 30.3 Å². The molecular weight excluding hydrogens is 373 g/mol. The number of carbonyl (C=O) groups excluding carboxylic acids is 1. The lowest BCUT2D eigenvalue weighted by Gasteiger charge is -2.07. The molecule has 136 valence electrons. The molecule has 0 amide bonds. The fourth-order valence-corrected chi connectivity index (χ4v) is 2.71. The zero-order valence-corrected chi connectivity index (χ0v) is 14.9. The van der Waals surface area contributed by atoms with Gasteiger partial charge in [0, 0.05) is 12.1 Å². The molecule has 1 heterocycles. The van der Waals surface area contributed by atoms with Crippen LogP contribution < -0.4 is 0 Å². The average molecular weight is 386 g/mol. The maximum atomic E-state index is 13.8. The van der Waals surface area contributed by atoms with E-state index < -0.39 is 24.2 Å². The Bertz CT molecular complexity index is 1120. The Morgan fingerprint density at radius 1 is 1.37 bits per heavy atom. The third kappa shape index (κ3) is 3.61. The average Bonchev–Trinajstić information content (AvgIpc) is 2.97. The molecule has 0 saturated heterocycles. The molecule has 27 heavy (non-hydrogen) atoms. The molecule has 3 aromatic rings. The minimum atomic E-state index is -0.988. The topological polar surface area (TPSA) is 88.1 Å². The van der Waals surface area contributed by atoms with Crippen LogP contribution in [0.25, 0.3) is 16.6 Å². The number of fused-ring (bicyclic) bond motifs is 1. The van der Waals surface area contributed by atoms with Crippen LogP contribution in [0.15, 0.2) is 48.2 Å². The highest BCUT2D eigenvalue weighted by molar-refractivity contribution is 6.30. The van der Waals surface area contributed by atoms with Crippen molar-refractivity contribution in [2.24, 2.45) is 7.05 Å². The molecular formula is C19H13ClFN3O3. The summed E-state index contributed by atoms with van der Waals surface area (Å²) in [6.07, 6.45) is 0. The van der Waals surface area contributed by atoms with Crippen molar-refractivity contribution in [2.45, 2.75) is 0 Å². The van der Waals surface area contributed by atoms with Crippen LogP contribution in [0.3, 0.4) is 0 Å². The van der Waals surface area contributed by atoms with Gasteiger partial charge in [-0.15, -0.1) is 0 Å². The normalized spacial score (nSPS) is 11.8. The van der Waals surface area contributed by atoms with Gasteiger partial charge < -0.3 is 14.4 Å². The zero-order valence-electron chi connectivity index (χ0n) is 14.1. The summed E-state index contributed by atoms with van der Waals surface area (Å²) >= 11 is 5.64. The van der Waals surface area contributed by atoms with Gasteiger partial charge in [-0.25, -0.2) is 14.2 Å². The van der Waals surface area contributed by atoms with E-state index in [2.05, 4.69) is 4.98 Å². The Labute approximate surface area is 158 Å². The van der Waals surface area contributed by atoms with Gasteiger partial charge in [0.2, 0.25) is 0 Å². The third-order valence-corrected chi connectivity index (χ3v) is 4.14. The van der Waals surface area contributed by atoms with E-state index in [-0.39, 0.29) is 22.0 Å². The highest BCUT2D eigenvalue weighted by Gasteiger charge is 2.19. The Balaban J connectivity index is 1.86. The SMILES string of the molecule is Cn1c(/C(C#N)=C(\O)COC(=O)c2ccc(Cl)cc2F)nc2ccccc21. The first kappa shape index (κ1) is 18.4. The number of nitrogens with zero attached hydrogens (tertiary/aromatic N) is 3. The van der Waals surface area contributed by atoms with E-state index >= 15 is 0 Å². The molecule has 0 radical (unpaired) electrons. The van der Waals surface area contributed by atoms with Gasteiger partial charge in [-0.2, -0.15) is 5.26 Å². The molecule has 0 aliphatic heterocycles. The van der Waals surface area contributed by atoms with Gasteiger partial charge in [0.15, 0.2) is 11.6 Å². The number of rotatable bonds is 4. The molecule has 0 aliphatic carbocycles. The zero-order chi connectivity index (χ0) is 19.6. The van der Waals surface area contributed by atoms with Gasteiger partial charge in [0.1, 0.15) is 24.1 Å². The summed E-state index contributed by atoms with van der Waals surface area (Å²) in [5.74, 6) is -2.09. The molecule has 1 N–H and O–H groups in total. The van der Waals surface area contributed by atoms with E-state index in [0.717, 1.165) is 11.6 Å². The molecule has 2 aromatic carbocycles. The van der Waals surface area contributed by atoms with Crippen molar-refractivity contribution < 1.29 is 19.0 Å². The second-order valence-electron chi connectivity index (χ2n) is 5.62. The second kappa shape index (κ2) is 7.48. The fraction of sp³-hybridized carbons (Fsp3) is 0.105. The highest BCUT2D eigenvalue weighted by atomic mass is 35.5. The van der Waals surface area contributed by atoms with Crippen LogP contribution in [0.5, 0.6) is 0 Å². The monoisotopic (exact) mass is 385 g/mol. The summed E-state index contributed by atoms with van der Waals surface area (Å²) in [5.41, 5.74) is 0.954. The molecule has 8 heteroatoms. The number of allylic oxidation sites excluding steroid dienone is 1. The van der Waals surface area contributed by atoms with E-state index in [1.54, 1.807) is 23.7 Å². The fourth-order valence-electron chi connectivity index (χ4n) is 2.55. The minimum Gasteiger partial charge on any atom is -0.507 e. The maximum absolute atomic E-state index is 13.8. The number of aliphatic hydroxyl groups is 1. The molecule has 0 unspecified atom stereocenters. The Morgan fingerprint density at radius 2 is 2.11 bits per heavy atom. The Hall–Kier alpha value is -3.37. The molecule has 0 saturated carbocycles. The Kier molecular flexibility index (Phi) is 5.10. The van der Waals surface area contributed by atoms with Crippen LogP contribution in [0.4, 0.5) is 4.39 Å². The van der Waals surface area contributed by atoms with Gasteiger partial charge in [0.25, 0.3) is 0 Å². The largest absolute Gasteiger partial charge is 0.507 e. The van der Waals surface area contributed by atoms with E-state index in [0.29, 0.717) is 5.52 Å². The van der Waals surface area contributed by atoms with Crippen molar-refractivity contribution in [2.75, 3.05) is 6.61 Å². The number of benzene rings is 2. The number of imidazole rings is 1. The van der Waals surface area contributed by atoms with Gasteiger partial charge in [0.05, 0.1) is 16.6 Å². The highest BCUT2D eigenvalue weighted by Crippen LogP contribution is 2.22. The summed E-state index contributed by atoms with van der Waals surface area (Å²) in [4.78, 5) is 16.3. The summed E-state index contributed by atoms with van der Waals surface area (Å²) in [6, 6.07) is 12.6. The van der Waals surface area contributed by atoms with Crippen molar-refractivity contribution >= 4 is 34.2 Å². The van der Waals surface area contributed by atoms with Gasteiger partial charge in [-0.3, -0.25) is 0 Å². The maximum Gasteiger partial charge on any atom is 0.341 e. The number of aromatic nitrogens is 2. The van der Waals surface area contributed by atoms with E-state index in [4.69, 9.17) is 16.3 Å². The van der Waals surface area contributed by atoms with Crippen LogP contribution in [0.1, 0.15) is 16.2 Å². The lowest BCUT2D eigenvalue weighted by atomic mass is 10.2. The number of hydrogen-bond donors (Lipinski definition) is 1. The first-order valence-electron chi connectivity index (χ1n) is 7.78. The van der Waals surface area contributed by atoms with Crippen LogP contribution >= 0.6 is 11.6 Å². The first-order valence-corrected chi connectivity index (χ1v) is 8.16. The lowest BCUT2D eigenvalue weighted by Crippen LogP contribution is -2.11. The molecule has 0 aliphatic rings.